The first-order chi connectivity index (χ1) is 8.11. The van der Waals surface area contributed by atoms with Gasteiger partial charge in [0.05, 0.1) is 17.8 Å². The van der Waals surface area contributed by atoms with Crippen LogP contribution in [0.25, 0.3) is 10.9 Å². The monoisotopic (exact) mass is 295 g/mol. The number of fused-ring (bicyclic) bond motifs is 1. The van der Waals surface area contributed by atoms with E-state index in [9.17, 15) is 0 Å². The zero-order valence-electron chi connectivity index (χ0n) is 9.44. The first-order valence-electron chi connectivity index (χ1n) is 5.33. The van der Waals surface area contributed by atoms with Crippen molar-refractivity contribution in [2.45, 2.75) is 13.0 Å². The number of aromatic nitrogens is 1. The highest BCUT2D eigenvalue weighted by atomic mass is 79.9. The molecular weight excluding hydrogens is 282 g/mol. The molecule has 90 valence electrons. The smallest absolute Gasteiger partial charge is 0.0954 e. The summed E-state index contributed by atoms with van der Waals surface area (Å²) < 4.78 is 0.893. The summed E-state index contributed by atoms with van der Waals surface area (Å²) >= 11 is 3.38. The normalized spacial score (nSPS) is 12.6. The van der Waals surface area contributed by atoms with Gasteiger partial charge in [0.15, 0.2) is 0 Å². The topological polar surface area (TPSA) is 71.2 Å². The number of nitrogens with one attached hydrogen (secondary N) is 1. The van der Waals surface area contributed by atoms with Gasteiger partial charge in [0.1, 0.15) is 0 Å². The van der Waals surface area contributed by atoms with Gasteiger partial charge in [-0.05, 0) is 41.1 Å². The van der Waals surface area contributed by atoms with Gasteiger partial charge in [0, 0.05) is 27.8 Å². The van der Waals surface area contributed by atoms with E-state index in [-0.39, 0.29) is 12.6 Å². The number of benzene rings is 1. The number of anilines is 2. The molecule has 1 heterocycles. The van der Waals surface area contributed by atoms with Crippen LogP contribution in [0.3, 0.4) is 0 Å². The molecule has 0 aliphatic heterocycles. The van der Waals surface area contributed by atoms with Crippen LogP contribution in [0.5, 0.6) is 0 Å². The predicted octanol–water partition coefficient (Wildman–Crippen LogP) is 2.37. The lowest BCUT2D eigenvalue weighted by Crippen LogP contribution is -2.19. The Morgan fingerprint density at radius 3 is 3.00 bits per heavy atom. The van der Waals surface area contributed by atoms with Crippen molar-refractivity contribution in [3.63, 3.8) is 0 Å². The van der Waals surface area contributed by atoms with Crippen LogP contribution < -0.4 is 11.1 Å². The molecule has 0 spiro atoms. The molecule has 1 atom stereocenters. The Balaban J connectivity index is 2.54. The highest BCUT2D eigenvalue weighted by Gasteiger charge is 2.08. The molecule has 0 aliphatic rings. The summed E-state index contributed by atoms with van der Waals surface area (Å²) in [6.07, 6.45) is 1.73. The minimum Gasteiger partial charge on any atom is -0.398 e. The predicted molar refractivity (Wildman–Crippen MR) is 74.0 cm³/mol. The third-order valence-corrected chi connectivity index (χ3v) is 2.96. The maximum atomic E-state index is 9.05. The number of hydrogen-bond donors (Lipinski definition) is 3. The third kappa shape index (κ3) is 2.50. The summed E-state index contributed by atoms with van der Waals surface area (Å²) in [6.45, 7) is 1.98. The van der Waals surface area contributed by atoms with Crippen LogP contribution in [0.2, 0.25) is 0 Å². The molecule has 0 amide bonds. The number of rotatable bonds is 3. The van der Waals surface area contributed by atoms with Gasteiger partial charge in [-0.25, -0.2) is 0 Å². The van der Waals surface area contributed by atoms with Crippen LogP contribution in [0, 0.1) is 0 Å². The molecule has 0 radical (unpaired) electrons. The average Bonchev–Trinajstić information content (AvgIpc) is 2.33. The number of nitrogens with two attached hydrogens (primary N) is 1. The average molecular weight is 296 g/mol. The summed E-state index contributed by atoms with van der Waals surface area (Å²) in [5.74, 6) is 0. The van der Waals surface area contributed by atoms with Crippen LogP contribution >= 0.6 is 15.9 Å². The summed E-state index contributed by atoms with van der Waals surface area (Å²) in [7, 11) is 0. The van der Waals surface area contributed by atoms with E-state index in [1.165, 1.54) is 0 Å². The standard InChI is InChI=1S/C12H14BrN3O/c1-7(6-17)16-11-3-2-10(14)9-4-8(13)5-15-12(9)11/h2-5,7,16-17H,6,14H2,1H3. The van der Waals surface area contributed by atoms with E-state index >= 15 is 0 Å². The molecule has 1 aromatic carbocycles. The Hall–Kier alpha value is -1.33. The minimum atomic E-state index is -0.0210. The van der Waals surface area contributed by atoms with Gasteiger partial charge in [-0.2, -0.15) is 0 Å². The SMILES string of the molecule is CC(CO)Nc1ccc(N)c2cc(Br)cnc12. The first kappa shape index (κ1) is 12.1. The molecule has 4 nitrogen and oxygen atoms in total. The van der Waals surface area contributed by atoms with E-state index in [0.29, 0.717) is 5.69 Å². The Labute approximate surface area is 108 Å². The number of aliphatic hydroxyl groups excluding tert-OH is 1. The maximum Gasteiger partial charge on any atom is 0.0954 e. The fourth-order valence-electron chi connectivity index (χ4n) is 1.64. The second-order valence-electron chi connectivity index (χ2n) is 3.98. The van der Waals surface area contributed by atoms with Crippen LogP contribution in [-0.2, 0) is 0 Å². The zero-order valence-corrected chi connectivity index (χ0v) is 11.0. The summed E-state index contributed by atoms with van der Waals surface area (Å²) in [5.41, 5.74) is 8.30. The molecule has 1 aromatic heterocycles. The number of halogens is 1. The minimum absolute atomic E-state index is 0.0210. The first-order valence-corrected chi connectivity index (χ1v) is 6.12. The zero-order chi connectivity index (χ0) is 12.4. The van der Waals surface area contributed by atoms with Crippen molar-refractivity contribution < 1.29 is 5.11 Å². The molecule has 0 fully saturated rings. The van der Waals surface area contributed by atoms with Crippen LogP contribution in [-0.4, -0.2) is 22.7 Å². The van der Waals surface area contributed by atoms with Crippen LogP contribution in [0.15, 0.2) is 28.9 Å². The van der Waals surface area contributed by atoms with Crippen molar-refractivity contribution in [2.75, 3.05) is 17.7 Å². The highest BCUT2D eigenvalue weighted by molar-refractivity contribution is 9.10. The van der Waals surface area contributed by atoms with Gasteiger partial charge in [-0.3, -0.25) is 4.98 Å². The lowest BCUT2D eigenvalue weighted by atomic mass is 10.1. The molecule has 1 unspecified atom stereocenters. The molecular formula is C12H14BrN3O. The third-order valence-electron chi connectivity index (χ3n) is 2.53. The molecule has 17 heavy (non-hydrogen) atoms. The van der Waals surface area contributed by atoms with Crippen molar-refractivity contribution in [1.29, 1.82) is 0 Å². The van der Waals surface area contributed by atoms with Gasteiger partial charge in [-0.15, -0.1) is 0 Å². The van der Waals surface area contributed by atoms with Gasteiger partial charge < -0.3 is 16.2 Å². The van der Waals surface area contributed by atoms with E-state index in [1.54, 1.807) is 6.20 Å². The molecule has 4 N–H and O–H groups in total. The van der Waals surface area contributed by atoms with Crippen molar-refractivity contribution in [3.05, 3.63) is 28.9 Å². The van der Waals surface area contributed by atoms with Crippen molar-refractivity contribution in [1.82, 2.24) is 4.98 Å². The summed E-state index contributed by atoms with van der Waals surface area (Å²) in [4.78, 5) is 4.36. The fraction of sp³-hybridized carbons (Fsp3) is 0.250. The van der Waals surface area contributed by atoms with Gasteiger partial charge >= 0.3 is 0 Å². The Kier molecular flexibility index (Phi) is 3.49. The Morgan fingerprint density at radius 2 is 2.29 bits per heavy atom. The molecule has 0 bridgehead atoms. The Morgan fingerprint density at radius 1 is 1.53 bits per heavy atom. The lowest BCUT2D eigenvalue weighted by molar-refractivity contribution is 0.281. The molecule has 0 saturated carbocycles. The second-order valence-corrected chi connectivity index (χ2v) is 4.90. The van der Waals surface area contributed by atoms with Crippen LogP contribution in [0.1, 0.15) is 6.92 Å². The van der Waals surface area contributed by atoms with Crippen molar-refractivity contribution >= 4 is 38.2 Å². The van der Waals surface area contributed by atoms with Crippen molar-refractivity contribution in [3.8, 4) is 0 Å². The van der Waals surface area contributed by atoms with Crippen LogP contribution in [0.4, 0.5) is 11.4 Å². The second kappa shape index (κ2) is 4.89. The largest absolute Gasteiger partial charge is 0.398 e. The van der Waals surface area contributed by atoms with Gasteiger partial charge in [0.25, 0.3) is 0 Å². The number of aliphatic hydroxyl groups is 1. The lowest BCUT2D eigenvalue weighted by Gasteiger charge is -2.15. The summed E-state index contributed by atoms with van der Waals surface area (Å²) in [5, 5.41) is 13.1. The van der Waals surface area contributed by atoms with E-state index < -0.39 is 0 Å². The quantitative estimate of drug-likeness (QED) is 0.760. The summed E-state index contributed by atoms with van der Waals surface area (Å²) in [6, 6.07) is 5.63. The molecule has 5 heteroatoms. The molecule has 0 aliphatic carbocycles. The molecule has 0 saturated heterocycles. The Bertz CT molecular complexity index is 545. The number of hydrogen-bond acceptors (Lipinski definition) is 4. The maximum absolute atomic E-state index is 9.05. The van der Waals surface area contributed by atoms with E-state index in [0.717, 1.165) is 21.1 Å². The van der Waals surface area contributed by atoms with E-state index in [1.807, 2.05) is 25.1 Å². The number of nitrogens with zero attached hydrogens (tertiary/aromatic N) is 1. The van der Waals surface area contributed by atoms with Gasteiger partial charge in [0.2, 0.25) is 0 Å². The molecule has 2 rings (SSSR count). The van der Waals surface area contributed by atoms with E-state index in [4.69, 9.17) is 10.8 Å². The number of pyridine rings is 1. The van der Waals surface area contributed by atoms with Gasteiger partial charge in [-0.1, -0.05) is 0 Å². The number of nitrogen functional groups attached to an aromatic ring is 1. The highest BCUT2D eigenvalue weighted by Crippen LogP contribution is 2.29. The van der Waals surface area contributed by atoms with E-state index in [2.05, 4.69) is 26.2 Å². The van der Waals surface area contributed by atoms with Crippen molar-refractivity contribution in [2.24, 2.45) is 0 Å². The fourth-order valence-corrected chi connectivity index (χ4v) is 1.97. The molecule has 2 aromatic rings.